The van der Waals surface area contributed by atoms with E-state index in [1.54, 1.807) is 4.90 Å². The number of nitrogens with zero attached hydrogens (tertiary/aromatic N) is 3. The van der Waals surface area contributed by atoms with Gasteiger partial charge >= 0.3 is 0 Å². The molecule has 37 heavy (non-hydrogen) atoms. The Morgan fingerprint density at radius 3 is 2.70 bits per heavy atom. The van der Waals surface area contributed by atoms with Gasteiger partial charge in [0.1, 0.15) is 6.04 Å². The van der Waals surface area contributed by atoms with Crippen molar-refractivity contribution >= 4 is 29.3 Å². The Morgan fingerprint density at radius 1 is 1.16 bits per heavy atom. The van der Waals surface area contributed by atoms with Crippen molar-refractivity contribution in [2.24, 2.45) is 0 Å². The van der Waals surface area contributed by atoms with Gasteiger partial charge in [-0.25, -0.2) is 0 Å². The van der Waals surface area contributed by atoms with Crippen LogP contribution in [0.25, 0.3) is 0 Å². The summed E-state index contributed by atoms with van der Waals surface area (Å²) < 4.78 is 0. The van der Waals surface area contributed by atoms with Crippen LogP contribution in [0.3, 0.4) is 0 Å². The number of hydrogen-bond acceptors (Lipinski definition) is 5. The van der Waals surface area contributed by atoms with Crippen LogP contribution < -0.4 is 5.32 Å². The first-order valence-corrected chi connectivity index (χ1v) is 13.4. The summed E-state index contributed by atoms with van der Waals surface area (Å²) in [6.07, 6.45) is 4.24. The first kappa shape index (κ1) is 26.8. The van der Waals surface area contributed by atoms with E-state index in [1.165, 1.54) is 0 Å². The number of nitrogens with one attached hydrogen (secondary N) is 1. The molecular weight excluding hydrogens is 488 g/mol. The molecule has 1 N–H and O–H groups in total. The fourth-order valence-corrected chi connectivity index (χ4v) is 5.50. The third-order valence-electron chi connectivity index (χ3n) is 7.44. The molecule has 0 spiro atoms. The number of nitriles is 1. The number of piperidine rings is 1. The van der Waals surface area contributed by atoms with Gasteiger partial charge in [0.2, 0.25) is 11.8 Å². The lowest BCUT2D eigenvalue weighted by Crippen LogP contribution is -2.52. The molecule has 2 aromatic rings. The van der Waals surface area contributed by atoms with Crippen LogP contribution in [-0.2, 0) is 22.6 Å². The maximum Gasteiger partial charge on any atom is 0.255 e. The highest BCUT2D eigenvalue weighted by molar-refractivity contribution is 6.30. The number of carbonyl (C=O) groups is 3. The minimum Gasteiger partial charge on any atom is -0.322 e. The zero-order chi connectivity index (χ0) is 26.4. The van der Waals surface area contributed by atoms with E-state index >= 15 is 0 Å². The van der Waals surface area contributed by atoms with Crippen LogP contribution in [0.2, 0.25) is 5.02 Å². The molecule has 2 atom stereocenters. The summed E-state index contributed by atoms with van der Waals surface area (Å²) in [6, 6.07) is 15.2. The minimum absolute atomic E-state index is 0.129. The fraction of sp³-hybridized carbons (Fsp3) is 0.448. The van der Waals surface area contributed by atoms with Gasteiger partial charge in [-0.3, -0.25) is 19.7 Å². The Bertz CT molecular complexity index is 1210. The second-order valence-electron chi connectivity index (χ2n) is 9.76. The summed E-state index contributed by atoms with van der Waals surface area (Å²) in [7, 11) is 0. The molecular formula is C29H33ClN4O3. The van der Waals surface area contributed by atoms with Crippen molar-refractivity contribution in [3.05, 3.63) is 69.7 Å². The maximum absolute atomic E-state index is 13.0. The van der Waals surface area contributed by atoms with Crippen molar-refractivity contribution in [3.8, 4) is 6.07 Å². The average molecular weight is 521 g/mol. The van der Waals surface area contributed by atoms with Crippen LogP contribution in [0.4, 0.5) is 0 Å². The number of imide groups is 1. The Hall–Kier alpha value is -3.21. The number of amides is 3. The van der Waals surface area contributed by atoms with Gasteiger partial charge in [0, 0.05) is 23.6 Å². The topological polar surface area (TPSA) is 93.5 Å². The molecule has 2 aromatic carbocycles. The molecule has 194 valence electrons. The highest BCUT2D eigenvalue weighted by Gasteiger charge is 2.39. The van der Waals surface area contributed by atoms with Crippen LogP contribution >= 0.6 is 11.6 Å². The van der Waals surface area contributed by atoms with Gasteiger partial charge in [0.25, 0.3) is 5.91 Å². The zero-order valence-corrected chi connectivity index (χ0v) is 22.0. The SMILES string of the molecule is CCN(CCCCc1cccc2c1CN(C1CCC(=O)NC1=O)C2=O)CC[C@H](C#N)c1cccc(Cl)c1. The van der Waals surface area contributed by atoms with Crippen LogP contribution in [0, 0.1) is 11.3 Å². The van der Waals surface area contributed by atoms with Gasteiger partial charge in [-0.2, -0.15) is 5.26 Å². The number of benzene rings is 2. The van der Waals surface area contributed by atoms with Gasteiger partial charge < -0.3 is 9.80 Å². The molecule has 3 amide bonds. The van der Waals surface area contributed by atoms with Crippen molar-refractivity contribution in [3.63, 3.8) is 0 Å². The fourth-order valence-electron chi connectivity index (χ4n) is 5.30. The molecule has 4 rings (SSSR count). The van der Waals surface area contributed by atoms with Crippen LogP contribution in [0.5, 0.6) is 0 Å². The molecule has 0 aromatic heterocycles. The second kappa shape index (κ2) is 12.4. The van der Waals surface area contributed by atoms with Crippen molar-refractivity contribution in [2.75, 3.05) is 19.6 Å². The maximum atomic E-state index is 13.0. The number of rotatable bonds is 11. The largest absolute Gasteiger partial charge is 0.322 e. The lowest BCUT2D eigenvalue weighted by molar-refractivity contribution is -0.136. The van der Waals surface area contributed by atoms with E-state index in [4.69, 9.17) is 11.6 Å². The molecule has 2 aliphatic heterocycles. The van der Waals surface area contributed by atoms with Crippen molar-refractivity contribution in [1.82, 2.24) is 15.1 Å². The number of hydrogen-bond donors (Lipinski definition) is 1. The summed E-state index contributed by atoms with van der Waals surface area (Å²) in [5.41, 5.74) is 3.78. The highest BCUT2D eigenvalue weighted by Crippen LogP contribution is 2.30. The predicted octanol–water partition coefficient (Wildman–Crippen LogP) is 4.44. The van der Waals surface area contributed by atoms with E-state index in [-0.39, 0.29) is 30.1 Å². The molecule has 2 heterocycles. The van der Waals surface area contributed by atoms with Crippen LogP contribution in [0.15, 0.2) is 42.5 Å². The number of halogens is 1. The first-order valence-electron chi connectivity index (χ1n) is 13.0. The first-order chi connectivity index (χ1) is 17.9. The molecule has 0 radical (unpaired) electrons. The molecule has 0 aliphatic carbocycles. The smallest absolute Gasteiger partial charge is 0.255 e. The van der Waals surface area contributed by atoms with E-state index in [1.807, 2.05) is 36.4 Å². The lowest BCUT2D eigenvalue weighted by Gasteiger charge is -2.29. The van der Waals surface area contributed by atoms with E-state index in [0.717, 1.165) is 62.0 Å². The van der Waals surface area contributed by atoms with E-state index in [9.17, 15) is 19.6 Å². The number of aryl methyl sites for hydroxylation is 1. The number of unbranched alkanes of at least 4 members (excludes halogenated alkanes) is 1. The third-order valence-corrected chi connectivity index (χ3v) is 7.67. The summed E-state index contributed by atoms with van der Waals surface area (Å²) in [5.74, 6) is -0.966. The van der Waals surface area contributed by atoms with Crippen LogP contribution in [0.1, 0.15) is 72.0 Å². The monoisotopic (exact) mass is 520 g/mol. The molecule has 0 bridgehead atoms. The van der Waals surface area contributed by atoms with Gasteiger partial charge in [0.05, 0.1) is 12.0 Å². The third kappa shape index (κ3) is 6.38. The molecule has 2 aliphatic rings. The molecule has 1 saturated heterocycles. The predicted molar refractivity (Wildman–Crippen MR) is 142 cm³/mol. The normalized spacial score (nSPS) is 18.1. The van der Waals surface area contributed by atoms with Crippen molar-refractivity contribution in [2.45, 2.75) is 64.0 Å². The van der Waals surface area contributed by atoms with E-state index in [2.05, 4.69) is 29.3 Å². The summed E-state index contributed by atoms with van der Waals surface area (Å²) in [5, 5.41) is 12.7. The standard InChI is InChI=1S/C29H33ClN4O3/c1-2-33(16-14-22(18-31)21-9-5-10-23(30)17-21)15-4-3-7-20-8-6-11-24-25(20)19-34(29(24)37)26-12-13-27(35)32-28(26)36/h5-6,8-11,17,22,26H,2-4,7,12-16,19H2,1H3,(H,32,35,36)/t22-,26?/m1/s1. The summed E-state index contributed by atoms with van der Waals surface area (Å²) in [6.45, 7) is 5.26. The van der Waals surface area contributed by atoms with Gasteiger partial charge in [-0.15, -0.1) is 0 Å². The molecule has 1 unspecified atom stereocenters. The zero-order valence-electron chi connectivity index (χ0n) is 21.2. The lowest BCUT2D eigenvalue weighted by atomic mass is 9.97. The number of carbonyl (C=O) groups excluding carboxylic acids is 3. The number of fused-ring (bicyclic) bond motifs is 1. The van der Waals surface area contributed by atoms with Crippen LogP contribution in [-0.4, -0.2) is 53.2 Å². The van der Waals surface area contributed by atoms with Gasteiger partial charge in [-0.05, 0) is 86.6 Å². The Morgan fingerprint density at radius 2 is 1.97 bits per heavy atom. The van der Waals surface area contributed by atoms with Crippen molar-refractivity contribution < 1.29 is 14.4 Å². The molecule has 0 saturated carbocycles. The van der Waals surface area contributed by atoms with Gasteiger partial charge in [0.15, 0.2) is 0 Å². The Kier molecular flexibility index (Phi) is 8.96. The molecule has 1 fully saturated rings. The quantitative estimate of drug-likeness (QED) is 0.349. The van der Waals surface area contributed by atoms with Gasteiger partial charge in [-0.1, -0.05) is 42.8 Å². The Balaban J connectivity index is 1.28. The molecule has 8 heteroatoms. The Labute approximate surface area is 223 Å². The highest BCUT2D eigenvalue weighted by atomic mass is 35.5. The summed E-state index contributed by atoms with van der Waals surface area (Å²) >= 11 is 6.10. The van der Waals surface area contributed by atoms with E-state index < -0.39 is 6.04 Å². The second-order valence-corrected chi connectivity index (χ2v) is 10.2. The average Bonchev–Trinajstić information content (AvgIpc) is 3.22. The summed E-state index contributed by atoms with van der Waals surface area (Å²) in [4.78, 5) is 40.9. The van der Waals surface area contributed by atoms with Crippen molar-refractivity contribution in [1.29, 1.82) is 5.26 Å². The molecule has 7 nitrogen and oxygen atoms in total. The van der Waals surface area contributed by atoms with E-state index in [0.29, 0.717) is 23.6 Å². The minimum atomic E-state index is -0.590.